The summed E-state index contributed by atoms with van der Waals surface area (Å²) >= 11 is 0. The van der Waals surface area contributed by atoms with Gasteiger partial charge < -0.3 is 15.5 Å². The first kappa shape index (κ1) is 21.8. The highest BCUT2D eigenvalue weighted by Gasteiger charge is 2.17. The van der Waals surface area contributed by atoms with E-state index in [2.05, 4.69) is 5.32 Å². The summed E-state index contributed by atoms with van der Waals surface area (Å²) in [6, 6.07) is 31.6. The van der Waals surface area contributed by atoms with Crippen LogP contribution in [0.3, 0.4) is 0 Å². The molecule has 0 spiro atoms. The fourth-order valence-corrected chi connectivity index (χ4v) is 4.16. The Hall–Kier alpha value is -3.47. The van der Waals surface area contributed by atoms with Gasteiger partial charge in [0.1, 0.15) is 0 Å². The van der Waals surface area contributed by atoms with Crippen LogP contribution in [0.2, 0.25) is 0 Å². The number of carbonyl (C=O) groups excluding carboxylic acids is 1. The van der Waals surface area contributed by atoms with E-state index in [0.29, 0.717) is 12.8 Å². The van der Waals surface area contributed by atoms with Crippen molar-refractivity contribution >= 4 is 16.7 Å². The molecule has 32 heavy (non-hydrogen) atoms. The number of carbonyl (C=O) groups is 1. The Bertz CT molecular complexity index is 1130. The zero-order chi connectivity index (χ0) is 22.3. The van der Waals surface area contributed by atoms with Gasteiger partial charge in [-0.3, -0.25) is 4.79 Å². The van der Waals surface area contributed by atoms with Crippen LogP contribution in [0.1, 0.15) is 34.7 Å². The van der Waals surface area contributed by atoms with Crippen LogP contribution in [0.25, 0.3) is 10.8 Å². The first-order valence-electron chi connectivity index (χ1n) is 10.9. The molecular formula is C28H27NO3. The van der Waals surface area contributed by atoms with E-state index >= 15 is 0 Å². The van der Waals surface area contributed by atoms with E-state index in [1.807, 2.05) is 97.1 Å². The maximum Gasteiger partial charge on any atom is 0.221 e. The second-order valence-electron chi connectivity index (χ2n) is 7.94. The molecule has 4 nitrogen and oxygen atoms in total. The number of rotatable bonds is 8. The number of nitrogens with one attached hydrogen (secondary N) is 1. The van der Waals surface area contributed by atoms with Gasteiger partial charge in [-0.1, -0.05) is 97.1 Å². The lowest BCUT2D eigenvalue weighted by Crippen LogP contribution is -2.29. The third kappa shape index (κ3) is 5.22. The van der Waals surface area contributed by atoms with Gasteiger partial charge in [0.05, 0.1) is 6.04 Å². The molecule has 0 aromatic heterocycles. The van der Waals surface area contributed by atoms with Gasteiger partial charge in [-0.2, -0.15) is 0 Å². The van der Waals surface area contributed by atoms with Gasteiger partial charge in [-0.25, -0.2) is 0 Å². The molecule has 3 N–H and O–H groups in total. The van der Waals surface area contributed by atoms with Crippen molar-refractivity contribution in [3.05, 3.63) is 119 Å². The molecule has 0 saturated heterocycles. The van der Waals surface area contributed by atoms with Gasteiger partial charge in [-0.05, 0) is 39.4 Å². The number of hydrogen-bond acceptors (Lipinski definition) is 3. The minimum absolute atomic E-state index is 0.0124. The van der Waals surface area contributed by atoms with E-state index in [4.69, 9.17) is 0 Å². The molecular weight excluding hydrogens is 398 g/mol. The average Bonchev–Trinajstić information content (AvgIpc) is 2.82. The van der Waals surface area contributed by atoms with E-state index in [0.717, 1.165) is 33.0 Å². The number of aliphatic hydroxyl groups is 2. The molecule has 0 atom stereocenters. The molecule has 4 heteroatoms. The minimum Gasteiger partial charge on any atom is -0.368 e. The summed E-state index contributed by atoms with van der Waals surface area (Å²) in [6.07, 6.45) is -0.243. The van der Waals surface area contributed by atoms with E-state index in [1.165, 1.54) is 0 Å². The highest BCUT2D eigenvalue weighted by Crippen LogP contribution is 2.25. The molecule has 0 unspecified atom stereocenters. The van der Waals surface area contributed by atoms with Crippen molar-refractivity contribution in [2.45, 2.75) is 31.6 Å². The Balaban J connectivity index is 1.51. The van der Waals surface area contributed by atoms with Crippen molar-refractivity contribution in [1.82, 2.24) is 5.32 Å². The fraction of sp³-hybridized carbons (Fsp3) is 0.179. The van der Waals surface area contributed by atoms with Crippen molar-refractivity contribution in [1.29, 1.82) is 0 Å². The predicted molar refractivity (Wildman–Crippen MR) is 127 cm³/mol. The first-order chi connectivity index (χ1) is 15.6. The molecule has 0 aliphatic carbocycles. The molecule has 1 amide bonds. The Morgan fingerprint density at radius 1 is 0.688 bits per heavy atom. The number of hydrogen-bond donors (Lipinski definition) is 3. The molecule has 0 bridgehead atoms. The van der Waals surface area contributed by atoms with Crippen LogP contribution in [0.15, 0.2) is 97.1 Å². The number of aryl methyl sites for hydroxylation is 1. The smallest absolute Gasteiger partial charge is 0.221 e. The van der Waals surface area contributed by atoms with Gasteiger partial charge in [0.15, 0.2) is 6.29 Å². The van der Waals surface area contributed by atoms with Crippen molar-refractivity contribution in [3.63, 3.8) is 0 Å². The van der Waals surface area contributed by atoms with Gasteiger partial charge in [0, 0.05) is 12.8 Å². The second-order valence-corrected chi connectivity index (χ2v) is 7.94. The highest BCUT2D eigenvalue weighted by atomic mass is 16.5. The quantitative estimate of drug-likeness (QED) is 0.363. The lowest BCUT2D eigenvalue weighted by molar-refractivity contribution is -0.121. The van der Waals surface area contributed by atoms with Crippen LogP contribution in [0, 0.1) is 0 Å². The molecule has 0 aliphatic rings. The number of aliphatic hydroxyl groups excluding tert-OH is 1. The number of amides is 1. The van der Waals surface area contributed by atoms with E-state index in [-0.39, 0.29) is 18.4 Å². The van der Waals surface area contributed by atoms with Crippen LogP contribution in [0.5, 0.6) is 0 Å². The predicted octanol–water partition coefficient (Wildman–Crippen LogP) is 4.53. The largest absolute Gasteiger partial charge is 0.368 e. The normalized spacial score (nSPS) is 11.2. The van der Waals surface area contributed by atoms with Gasteiger partial charge in [0.2, 0.25) is 5.91 Å². The van der Waals surface area contributed by atoms with Crippen LogP contribution >= 0.6 is 0 Å². The van der Waals surface area contributed by atoms with Crippen molar-refractivity contribution in [3.8, 4) is 0 Å². The van der Waals surface area contributed by atoms with Crippen LogP contribution in [-0.4, -0.2) is 22.4 Å². The molecule has 4 aromatic rings. The lowest BCUT2D eigenvalue weighted by Gasteiger charge is -2.20. The van der Waals surface area contributed by atoms with Crippen LogP contribution in [-0.2, 0) is 17.6 Å². The molecule has 0 saturated carbocycles. The van der Waals surface area contributed by atoms with Gasteiger partial charge >= 0.3 is 0 Å². The number of fused-ring (bicyclic) bond motifs is 1. The maximum atomic E-state index is 12.9. The van der Waals surface area contributed by atoms with Crippen molar-refractivity contribution < 1.29 is 15.0 Å². The van der Waals surface area contributed by atoms with Gasteiger partial charge in [0.25, 0.3) is 0 Å². The van der Waals surface area contributed by atoms with Crippen molar-refractivity contribution in [2.24, 2.45) is 0 Å². The zero-order valence-electron chi connectivity index (χ0n) is 17.8. The SMILES string of the molecule is O=C(CCc1cccc2c(CC(O)O)cccc12)NC(c1ccccc1)c1ccccc1. The molecule has 0 heterocycles. The molecule has 4 rings (SSSR count). The maximum absolute atomic E-state index is 12.9. The summed E-state index contributed by atoms with van der Waals surface area (Å²) in [5, 5.41) is 24.0. The second kappa shape index (κ2) is 10.2. The highest BCUT2D eigenvalue weighted by molar-refractivity contribution is 5.89. The molecule has 0 aliphatic heterocycles. The fourth-order valence-electron chi connectivity index (χ4n) is 4.16. The number of benzene rings is 4. The molecule has 0 radical (unpaired) electrons. The standard InChI is InChI=1S/C28H27NO3/c30-26(29-28(21-9-3-1-4-10-21)22-11-5-2-6-12-22)18-17-20-13-7-16-25-23(19-27(31)32)14-8-15-24(20)25/h1-16,27-28,31-32H,17-19H2,(H,29,30). The van der Waals surface area contributed by atoms with E-state index < -0.39 is 6.29 Å². The minimum atomic E-state index is -1.39. The summed E-state index contributed by atoms with van der Waals surface area (Å²) in [5.74, 6) is -0.0124. The lowest BCUT2D eigenvalue weighted by atomic mass is 9.95. The Kier molecular flexibility index (Phi) is 6.95. The van der Waals surface area contributed by atoms with E-state index in [9.17, 15) is 15.0 Å². The topological polar surface area (TPSA) is 69.6 Å². The van der Waals surface area contributed by atoms with E-state index in [1.54, 1.807) is 0 Å². The summed E-state index contributed by atoms with van der Waals surface area (Å²) < 4.78 is 0. The first-order valence-corrected chi connectivity index (χ1v) is 10.9. The van der Waals surface area contributed by atoms with Gasteiger partial charge in [-0.15, -0.1) is 0 Å². The summed E-state index contributed by atoms with van der Waals surface area (Å²) in [4.78, 5) is 12.9. The summed E-state index contributed by atoms with van der Waals surface area (Å²) in [5.41, 5.74) is 4.05. The molecule has 4 aromatic carbocycles. The Morgan fingerprint density at radius 3 is 1.78 bits per heavy atom. The van der Waals surface area contributed by atoms with Crippen LogP contribution < -0.4 is 5.32 Å². The third-order valence-electron chi connectivity index (χ3n) is 5.70. The summed E-state index contributed by atoms with van der Waals surface area (Å²) in [7, 11) is 0. The average molecular weight is 426 g/mol. The Morgan fingerprint density at radius 2 is 1.22 bits per heavy atom. The molecule has 0 fully saturated rings. The third-order valence-corrected chi connectivity index (χ3v) is 5.70. The zero-order valence-corrected chi connectivity index (χ0v) is 17.8. The van der Waals surface area contributed by atoms with Crippen LogP contribution in [0.4, 0.5) is 0 Å². The Labute approximate surface area is 188 Å². The summed E-state index contributed by atoms with van der Waals surface area (Å²) in [6.45, 7) is 0. The monoisotopic (exact) mass is 425 g/mol. The van der Waals surface area contributed by atoms with Crippen molar-refractivity contribution in [2.75, 3.05) is 0 Å². The molecule has 162 valence electrons.